The molecule has 1 amide bonds. The molecule has 2 fully saturated rings. The van der Waals surface area contributed by atoms with Gasteiger partial charge in [-0.2, -0.15) is 4.31 Å². The van der Waals surface area contributed by atoms with Crippen molar-refractivity contribution in [1.82, 2.24) is 9.21 Å². The summed E-state index contributed by atoms with van der Waals surface area (Å²) in [5.41, 5.74) is 0. The molecule has 1 saturated carbocycles. The zero-order chi connectivity index (χ0) is 19.0. The van der Waals surface area contributed by atoms with E-state index in [1.807, 2.05) is 12.1 Å². The largest absolute Gasteiger partial charge is 0.461 e. The monoisotopic (exact) mass is 406 g/mol. The van der Waals surface area contributed by atoms with E-state index in [2.05, 4.69) is 6.92 Å². The summed E-state index contributed by atoms with van der Waals surface area (Å²) < 4.78 is 32.6. The van der Waals surface area contributed by atoms with Crippen molar-refractivity contribution in [2.45, 2.75) is 23.5 Å². The first-order valence-electron chi connectivity index (χ1n) is 9.05. The number of thiophene rings is 1. The number of furan rings is 1. The average Bonchev–Trinajstić information content (AvgIpc) is 3.12. The molecule has 0 radical (unpaired) electrons. The Balaban J connectivity index is 1.33. The van der Waals surface area contributed by atoms with E-state index in [1.165, 1.54) is 21.7 Å². The van der Waals surface area contributed by atoms with Gasteiger partial charge in [-0.25, -0.2) is 8.42 Å². The molecule has 144 valence electrons. The lowest BCUT2D eigenvalue weighted by Gasteiger charge is -2.33. The van der Waals surface area contributed by atoms with E-state index in [0.29, 0.717) is 48.0 Å². The van der Waals surface area contributed by atoms with Gasteiger partial charge in [-0.05, 0) is 42.0 Å². The topological polar surface area (TPSA) is 70.8 Å². The molecule has 0 aromatic carbocycles. The first-order valence-corrected chi connectivity index (χ1v) is 11.4. The maximum absolute atomic E-state index is 12.5. The highest BCUT2D eigenvalue weighted by Crippen LogP contribution is 2.47. The highest BCUT2D eigenvalue weighted by molar-refractivity contribution is 7.91. The Hall–Kier alpha value is -1.90. The number of sulfonamides is 1. The number of hydrogen-bond acceptors (Lipinski definition) is 5. The van der Waals surface area contributed by atoms with Crippen molar-refractivity contribution < 1.29 is 17.6 Å². The summed E-state index contributed by atoms with van der Waals surface area (Å²) in [6.07, 6.45) is 4.35. The predicted molar refractivity (Wildman–Crippen MR) is 104 cm³/mol. The van der Waals surface area contributed by atoms with Gasteiger partial charge in [-0.3, -0.25) is 4.79 Å². The lowest BCUT2D eigenvalue weighted by Crippen LogP contribution is -2.50. The maximum atomic E-state index is 12.5. The van der Waals surface area contributed by atoms with E-state index in [-0.39, 0.29) is 5.91 Å². The van der Waals surface area contributed by atoms with Crippen molar-refractivity contribution in [2.75, 3.05) is 26.2 Å². The molecule has 2 aromatic heterocycles. The number of piperazine rings is 1. The third-order valence-electron chi connectivity index (χ3n) is 5.15. The molecule has 0 unspecified atom stereocenters. The maximum Gasteiger partial charge on any atom is 0.252 e. The molecular weight excluding hydrogens is 384 g/mol. The summed E-state index contributed by atoms with van der Waals surface area (Å²) in [4.78, 5) is 14.1. The van der Waals surface area contributed by atoms with Gasteiger partial charge in [0.2, 0.25) is 5.91 Å². The number of rotatable bonds is 5. The van der Waals surface area contributed by atoms with Gasteiger partial charge in [0.1, 0.15) is 15.7 Å². The molecule has 1 saturated heterocycles. The van der Waals surface area contributed by atoms with Gasteiger partial charge in [-0.15, -0.1) is 11.3 Å². The molecule has 6 nitrogen and oxygen atoms in total. The normalized spacial score (nSPS) is 23.8. The van der Waals surface area contributed by atoms with Crippen LogP contribution in [0.15, 0.2) is 44.3 Å². The minimum Gasteiger partial charge on any atom is -0.461 e. The van der Waals surface area contributed by atoms with Gasteiger partial charge >= 0.3 is 0 Å². The Morgan fingerprint density at radius 3 is 2.59 bits per heavy atom. The summed E-state index contributed by atoms with van der Waals surface area (Å²) in [6.45, 7) is 3.59. The first kappa shape index (κ1) is 18.5. The van der Waals surface area contributed by atoms with Crippen LogP contribution >= 0.6 is 11.3 Å². The van der Waals surface area contributed by atoms with Crippen LogP contribution in [0, 0.1) is 5.92 Å². The number of amides is 1. The van der Waals surface area contributed by atoms with Crippen molar-refractivity contribution in [1.29, 1.82) is 0 Å². The first-order chi connectivity index (χ1) is 12.9. The van der Waals surface area contributed by atoms with Crippen LogP contribution in [0.4, 0.5) is 0 Å². The fraction of sp³-hybridized carbons (Fsp3) is 0.421. The molecule has 0 N–H and O–H groups in total. The second-order valence-corrected chi connectivity index (χ2v) is 10.2. The van der Waals surface area contributed by atoms with Gasteiger partial charge in [0.25, 0.3) is 10.0 Å². The third-order valence-corrected chi connectivity index (χ3v) is 8.42. The van der Waals surface area contributed by atoms with Crippen LogP contribution in [-0.2, 0) is 14.8 Å². The van der Waals surface area contributed by atoms with E-state index < -0.39 is 10.0 Å². The SMILES string of the molecule is C[C@@H]1C[C@@H]1c1ccc(/C=C/C(=O)N2CCN(S(=O)(=O)c3cccs3)CC2)o1. The molecule has 1 aliphatic heterocycles. The fourth-order valence-electron chi connectivity index (χ4n) is 3.32. The van der Waals surface area contributed by atoms with Gasteiger partial charge < -0.3 is 9.32 Å². The molecular formula is C19H22N2O4S2. The third kappa shape index (κ3) is 3.88. The Morgan fingerprint density at radius 1 is 1.22 bits per heavy atom. The van der Waals surface area contributed by atoms with Crippen LogP contribution in [0.2, 0.25) is 0 Å². The minimum absolute atomic E-state index is 0.124. The van der Waals surface area contributed by atoms with Crippen molar-refractivity contribution in [3.8, 4) is 0 Å². The number of nitrogens with zero attached hydrogens (tertiary/aromatic N) is 2. The van der Waals surface area contributed by atoms with E-state index in [1.54, 1.807) is 28.5 Å². The van der Waals surface area contributed by atoms with E-state index in [4.69, 9.17) is 4.42 Å². The molecule has 2 atom stereocenters. The standard InChI is InChI=1S/C19H22N2O4S2/c1-14-13-16(14)17-6-4-15(25-17)5-7-18(22)20-8-10-21(11-9-20)27(23,24)19-3-2-12-26-19/h2-7,12,14,16H,8-11,13H2,1H3/b7-5+/t14-,16+/m1/s1. The summed E-state index contributed by atoms with van der Waals surface area (Å²) in [5, 5.41) is 1.75. The Kier molecular flexibility index (Phi) is 4.96. The lowest BCUT2D eigenvalue weighted by molar-refractivity contribution is -0.127. The second kappa shape index (κ2) is 7.26. The Labute approximate surface area is 163 Å². The zero-order valence-electron chi connectivity index (χ0n) is 15.1. The molecule has 0 bridgehead atoms. The molecule has 27 heavy (non-hydrogen) atoms. The van der Waals surface area contributed by atoms with Crippen LogP contribution in [0.5, 0.6) is 0 Å². The fourth-order valence-corrected chi connectivity index (χ4v) is 5.89. The smallest absolute Gasteiger partial charge is 0.252 e. The summed E-state index contributed by atoms with van der Waals surface area (Å²) >= 11 is 1.21. The van der Waals surface area contributed by atoms with Crippen LogP contribution in [0.1, 0.15) is 30.8 Å². The average molecular weight is 407 g/mol. The predicted octanol–water partition coefficient (Wildman–Crippen LogP) is 3.01. The van der Waals surface area contributed by atoms with Gasteiger partial charge in [0.05, 0.1) is 0 Å². The van der Waals surface area contributed by atoms with Crippen molar-refractivity contribution in [2.24, 2.45) is 5.92 Å². The van der Waals surface area contributed by atoms with Crippen molar-refractivity contribution in [3.63, 3.8) is 0 Å². The number of carbonyl (C=O) groups excluding carboxylic acids is 1. The van der Waals surface area contributed by atoms with E-state index in [9.17, 15) is 13.2 Å². The van der Waals surface area contributed by atoms with Crippen molar-refractivity contribution >= 4 is 33.3 Å². The van der Waals surface area contributed by atoms with Gasteiger partial charge in [0, 0.05) is 38.2 Å². The minimum atomic E-state index is -3.45. The highest BCUT2D eigenvalue weighted by Gasteiger charge is 2.36. The molecule has 0 spiro atoms. The summed E-state index contributed by atoms with van der Waals surface area (Å²) in [7, 11) is -3.45. The van der Waals surface area contributed by atoms with Crippen LogP contribution in [-0.4, -0.2) is 49.7 Å². The lowest BCUT2D eigenvalue weighted by atomic mass is 10.3. The zero-order valence-corrected chi connectivity index (χ0v) is 16.7. The number of hydrogen-bond donors (Lipinski definition) is 0. The second-order valence-electron chi connectivity index (χ2n) is 7.05. The molecule has 1 aliphatic carbocycles. The molecule has 8 heteroatoms. The highest BCUT2D eigenvalue weighted by atomic mass is 32.2. The van der Waals surface area contributed by atoms with Crippen LogP contribution < -0.4 is 0 Å². The molecule has 3 heterocycles. The number of carbonyl (C=O) groups is 1. The quantitative estimate of drug-likeness (QED) is 0.716. The molecule has 2 aliphatic rings. The van der Waals surface area contributed by atoms with Gasteiger partial charge in [-0.1, -0.05) is 13.0 Å². The molecule has 4 rings (SSSR count). The Bertz CT molecular complexity index is 938. The van der Waals surface area contributed by atoms with Gasteiger partial charge in [0.15, 0.2) is 0 Å². The van der Waals surface area contributed by atoms with Crippen LogP contribution in [0.3, 0.4) is 0 Å². The van der Waals surface area contributed by atoms with E-state index >= 15 is 0 Å². The Morgan fingerprint density at radius 2 is 1.96 bits per heavy atom. The summed E-state index contributed by atoms with van der Waals surface area (Å²) in [5.74, 6) is 2.73. The van der Waals surface area contributed by atoms with E-state index in [0.717, 1.165) is 12.2 Å². The summed E-state index contributed by atoms with van der Waals surface area (Å²) in [6, 6.07) is 7.20. The van der Waals surface area contributed by atoms with Crippen molar-refractivity contribution in [3.05, 3.63) is 47.2 Å². The molecule has 2 aromatic rings. The van der Waals surface area contributed by atoms with Crippen LogP contribution in [0.25, 0.3) is 6.08 Å².